The van der Waals surface area contributed by atoms with Crippen LogP contribution in [-0.2, 0) is 4.74 Å². The first-order chi connectivity index (χ1) is 10.2. The SMILES string of the molecule is CCOC(=O)NC(CN)c1ccc2cc(OC)ccc2c1. The number of amides is 1. The highest BCUT2D eigenvalue weighted by atomic mass is 16.5. The molecule has 1 unspecified atom stereocenters. The van der Waals surface area contributed by atoms with Crippen LogP contribution in [0.25, 0.3) is 10.8 Å². The quantitative estimate of drug-likeness (QED) is 0.887. The summed E-state index contributed by atoms with van der Waals surface area (Å²) in [5.74, 6) is 0.815. The summed E-state index contributed by atoms with van der Waals surface area (Å²) in [6.07, 6.45) is -0.456. The van der Waals surface area contributed by atoms with E-state index in [1.54, 1.807) is 14.0 Å². The Bertz CT molecular complexity index is 628. The molecule has 5 heteroatoms. The number of hydrogen-bond donors (Lipinski definition) is 2. The van der Waals surface area contributed by atoms with E-state index in [9.17, 15) is 4.79 Å². The van der Waals surface area contributed by atoms with Gasteiger partial charge in [0.25, 0.3) is 0 Å². The predicted octanol–water partition coefficient (Wildman–Crippen LogP) is 2.59. The van der Waals surface area contributed by atoms with Crippen LogP contribution in [0.2, 0.25) is 0 Å². The zero-order valence-corrected chi connectivity index (χ0v) is 12.3. The number of alkyl carbamates (subject to hydrolysis) is 1. The predicted molar refractivity (Wildman–Crippen MR) is 82.5 cm³/mol. The Kier molecular flexibility index (Phi) is 5.00. The monoisotopic (exact) mass is 288 g/mol. The lowest BCUT2D eigenvalue weighted by molar-refractivity contribution is 0.148. The highest BCUT2D eigenvalue weighted by molar-refractivity contribution is 5.84. The Hall–Kier alpha value is -2.27. The molecule has 1 atom stereocenters. The fraction of sp³-hybridized carbons (Fsp3) is 0.312. The molecule has 3 N–H and O–H groups in total. The third kappa shape index (κ3) is 3.64. The van der Waals surface area contributed by atoms with Crippen molar-refractivity contribution in [2.24, 2.45) is 5.73 Å². The molecule has 0 aliphatic carbocycles. The first kappa shape index (κ1) is 15.1. The number of ether oxygens (including phenoxy) is 2. The highest BCUT2D eigenvalue weighted by Gasteiger charge is 2.14. The Morgan fingerprint density at radius 3 is 2.62 bits per heavy atom. The summed E-state index contributed by atoms with van der Waals surface area (Å²) >= 11 is 0. The van der Waals surface area contributed by atoms with Crippen molar-refractivity contribution >= 4 is 16.9 Å². The van der Waals surface area contributed by atoms with Gasteiger partial charge < -0.3 is 20.5 Å². The molecule has 0 aliphatic heterocycles. The molecule has 0 saturated heterocycles. The summed E-state index contributed by atoms with van der Waals surface area (Å²) in [5.41, 5.74) is 6.70. The lowest BCUT2D eigenvalue weighted by atomic mass is 10.0. The average Bonchev–Trinajstić information content (AvgIpc) is 2.51. The van der Waals surface area contributed by atoms with Gasteiger partial charge in [-0.3, -0.25) is 0 Å². The van der Waals surface area contributed by atoms with Crippen molar-refractivity contribution < 1.29 is 14.3 Å². The molecule has 2 rings (SSSR count). The van der Waals surface area contributed by atoms with Gasteiger partial charge in [0.05, 0.1) is 19.8 Å². The van der Waals surface area contributed by atoms with Crippen LogP contribution in [0.1, 0.15) is 18.5 Å². The minimum absolute atomic E-state index is 0.268. The summed E-state index contributed by atoms with van der Waals surface area (Å²) < 4.78 is 10.1. The number of fused-ring (bicyclic) bond motifs is 1. The zero-order valence-electron chi connectivity index (χ0n) is 12.3. The van der Waals surface area contributed by atoms with Crippen molar-refractivity contribution in [2.75, 3.05) is 20.3 Å². The molecule has 0 radical (unpaired) electrons. The fourth-order valence-electron chi connectivity index (χ4n) is 2.18. The normalized spacial score (nSPS) is 12.0. The van der Waals surface area contributed by atoms with Crippen molar-refractivity contribution in [1.82, 2.24) is 5.32 Å². The maximum Gasteiger partial charge on any atom is 0.407 e. The number of carbonyl (C=O) groups is 1. The van der Waals surface area contributed by atoms with Gasteiger partial charge in [-0.1, -0.05) is 18.2 Å². The molecule has 0 aliphatic rings. The second-order valence-corrected chi connectivity index (χ2v) is 4.63. The molecule has 5 nitrogen and oxygen atoms in total. The molecule has 112 valence electrons. The van der Waals surface area contributed by atoms with E-state index < -0.39 is 6.09 Å². The number of nitrogens with one attached hydrogen (secondary N) is 1. The fourth-order valence-corrected chi connectivity index (χ4v) is 2.18. The number of nitrogens with two attached hydrogens (primary N) is 1. The molecule has 0 spiro atoms. The Morgan fingerprint density at radius 1 is 1.24 bits per heavy atom. The molecular weight excluding hydrogens is 268 g/mol. The van der Waals surface area contributed by atoms with Crippen LogP contribution in [0.4, 0.5) is 4.79 Å². The van der Waals surface area contributed by atoms with Crippen molar-refractivity contribution in [3.8, 4) is 5.75 Å². The van der Waals surface area contributed by atoms with Gasteiger partial charge in [-0.2, -0.15) is 0 Å². The van der Waals surface area contributed by atoms with Gasteiger partial charge in [0.1, 0.15) is 5.75 Å². The van der Waals surface area contributed by atoms with Gasteiger partial charge in [0.2, 0.25) is 0 Å². The molecule has 0 saturated carbocycles. The largest absolute Gasteiger partial charge is 0.497 e. The number of benzene rings is 2. The first-order valence-electron chi connectivity index (χ1n) is 6.89. The molecule has 1 amide bonds. The van der Waals surface area contributed by atoms with Gasteiger partial charge in [0, 0.05) is 6.54 Å². The van der Waals surface area contributed by atoms with E-state index in [0.717, 1.165) is 22.1 Å². The summed E-state index contributed by atoms with van der Waals surface area (Å²) in [5, 5.41) is 4.90. The Morgan fingerprint density at radius 2 is 1.95 bits per heavy atom. The van der Waals surface area contributed by atoms with Crippen LogP contribution >= 0.6 is 0 Å². The van der Waals surface area contributed by atoms with E-state index in [1.807, 2.05) is 36.4 Å². The molecule has 0 aromatic heterocycles. The van der Waals surface area contributed by atoms with E-state index in [-0.39, 0.29) is 6.04 Å². The molecule has 21 heavy (non-hydrogen) atoms. The van der Waals surface area contributed by atoms with Crippen molar-refractivity contribution in [3.05, 3.63) is 42.0 Å². The third-order valence-corrected chi connectivity index (χ3v) is 3.28. The molecule has 2 aromatic rings. The Labute approximate surface area is 124 Å². The van der Waals surface area contributed by atoms with Crippen LogP contribution < -0.4 is 15.8 Å². The van der Waals surface area contributed by atoms with E-state index in [1.165, 1.54) is 0 Å². The van der Waals surface area contributed by atoms with Gasteiger partial charge in [-0.05, 0) is 41.5 Å². The maximum atomic E-state index is 11.5. The van der Waals surface area contributed by atoms with Crippen molar-refractivity contribution in [2.45, 2.75) is 13.0 Å². The van der Waals surface area contributed by atoms with E-state index >= 15 is 0 Å². The topological polar surface area (TPSA) is 73.6 Å². The van der Waals surface area contributed by atoms with Gasteiger partial charge in [-0.25, -0.2) is 4.79 Å². The van der Waals surface area contributed by atoms with Gasteiger partial charge >= 0.3 is 6.09 Å². The lowest BCUT2D eigenvalue weighted by Crippen LogP contribution is -2.33. The number of rotatable bonds is 5. The number of methoxy groups -OCH3 is 1. The zero-order chi connectivity index (χ0) is 15.2. The summed E-state index contributed by atoms with van der Waals surface area (Å²) in [7, 11) is 1.64. The standard InChI is InChI=1S/C16H20N2O3/c1-3-21-16(19)18-15(10-17)13-5-4-12-9-14(20-2)7-6-11(12)8-13/h4-9,15H,3,10,17H2,1-2H3,(H,18,19). The third-order valence-electron chi connectivity index (χ3n) is 3.28. The van der Waals surface area contributed by atoms with Crippen molar-refractivity contribution in [3.63, 3.8) is 0 Å². The summed E-state index contributed by atoms with van der Waals surface area (Å²) in [6.45, 7) is 2.40. The smallest absolute Gasteiger partial charge is 0.407 e. The van der Waals surface area contributed by atoms with E-state index in [4.69, 9.17) is 15.2 Å². The molecule has 2 aromatic carbocycles. The minimum Gasteiger partial charge on any atom is -0.497 e. The minimum atomic E-state index is -0.456. The first-order valence-corrected chi connectivity index (χ1v) is 6.89. The van der Waals surface area contributed by atoms with Crippen LogP contribution in [-0.4, -0.2) is 26.4 Å². The number of hydrogen-bond acceptors (Lipinski definition) is 4. The van der Waals surface area contributed by atoms with Crippen LogP contribution in [0, 0.1) is 0 Å². The van der Waals surface area contributed by atoms with Crippen LogP contribution in [0.15, 0.2) is 36.4 Å². The van der Waals surface area contributed by atoms with Gasteiger partial charge in [-0.15, -0.1) is 0 Å². The molecule has 0 fully saturated rings. The number of carbonyl (C=O) groups excluding carboxylic acids is 1. The van der Waals surface area contributed by atoms with Gasteiger partial charge in [0.15, 0.2) is 0 Å². The summed E-state index contributed by atoms with van der Waals surface area (Å²) in [4.78, 5) is 11.5. The highest BCUT2D eigenvalue weighted by Crippen LogP contribution is 2.24. The average molecular weight is 288 g/mol. The van der Waals surface area contributed by atoms with E-state index in [2.05, 4.69) is 5.32 Å². The van der Waals surface area contributed by atoms with E-state index in [0.29, 0.717) is 13.2 Å². The lowest BCUT2D eigenvalue weighted by Gasteiger charge is -2.17. The maximum absolute atomic E-state index is 11.5. The second-order valence-electron chi connectivity index (χ2n) is 4.63. The molecular formula is C16H20N2O3. The molecule has 0 bridgehead atoms. The van der Waals surface area contributed by atoms with Crippen LogP contribution in [0.5, 0.6) is 5.75 Å². The Balaban J connectivity index is 2.25. The van der Waals surface area contributed by atoms with Crippen molar-refractivity contribution in [1.29, 1.82) is 0 Å². The van der Waals surface area contributed by atoms with Crippen LogP contribution in [0.3, 0.4) is 0 Å². The molecule has 0 heterocycles. The second kappa shape index (κ2) is 6.95. The summed E-state index contributed by atoms with van der Waals surface area (Å²) in [6, 6.07) is 11.5.